The van der Waals surface area contributed by atoms with E-state index in [2.05, 4.69) is 5.32 Å². The lowest BCUT2D eigenvalue weighted by atomic mass is 10.2. The first-order chi connectivity index (χ1) is 18.5. The molecule has 196 valence electrons. The molecule has 0 aliphatic carbocycles. The monoisotopic (exact) mass is 534 g/mol. The van der Waals surface area contributed by atoms with Crippen LogP contribution in [0.25, 0.3) is 6.08 Å². The molecule has 3 aromatic carbocycles. The molecule has 3 aromatic rings. The highest BCUT2D eigenvalue weighted by atomic mass is 32.2. The van der Waals surface area contributed by atoms with Gasteiger partial charge >= 0.3 is 0 Å². The molecule has 3 amide bonds. The van der Waals surface area contributed by atoms with Crippen molar-refractivity contribution >= 4 is 40.6 Å². The molecular weight excluding hydrogens is 508 g/mol. The third-order valence-corrected chi connectivity index (χ3v) is 6.35. The fraction of sp³-hybridized carbons (Fsp3) is 0.179. The van der Waals surface area contributed by atoms with Crippen LogP contribution in [0.3, 0.4) is 0 Å². The SMILES string of the molecule is COc1ccccc1NC(=O)COc1ccc(/C=C2\SC(=O)N(CCOc3ccccc3OC)C2=O)cc1. The predicted molar refractivity (Wildman–Crippen MR) is 145 cm³/mol. The second kappa shape index (κ2) is 12.7. The third-order valence-electron chi connectivity index (χ3n) is 5.44. The largest absolute Gasteiger partial charge is 0.495 e. The Bertz CT molecular complexity index is 1340. The van der Waals surface area contributed by atoms with Crippen LogP contribution in [0, 0.1) is 0 Å². The summed E-state index contributed by atoms with van der Waals surface area (Å²) >= 11 is 0.877. The first-order valence-electron chi connectivity index (χ1n) is 11.7. The molecule has 9 nitrogen and oxygen atoms in total. The van der Waals surface area contributed by atoms with Gasteiger partial charge in [0.15, 0.2) is 18.1 Å². The number of thioether (sulfide) groups is 1. The Morgan fingerprint density at radius 3 is 2.24 bits per heavy atom. The molecular formula is C28H26N2O7S. The number of hydrogen-bond donors (Lipinski definition) is 1. The summed E-state index contributed by atoms with van der Waals surface area (Å²) in [6.45, 7) is 0.0688. The van der Waals surface area contributed by atoms with Crippen LogP contribution in [0.5, 0.6) is 23.0 Å². The van der Waals surface area contributed by atoms with Crippen LogP contribution in [0.4, 0.5) is 10.5 Å². The number of methoxy groups -OCH3 is 2. The van der Waals surface area contributed by atoms with Gasteiger partial charge in [-0.15, -0.1) is 0 Å². The quantitative estimate of drug-likeness (QED) is 0.349. The molecule has 1 N–H and O–H groups in total. The number of benzene rings is 3. The van der Waals surface area contributed by atoms with Gasteiger partial charge in [0, 0.05) is 0 Å². The molecule has 0 spiro atoms. The number of hydrogen-bond acceptors (Lipinski definition) is 8. The summed E-state index contributed by atoms with van der Waals surface area (Å²) in [6, 6.07) is 21.1. The predicted octanol–water partition coefficient (Wildman–Crippen LogP) is 4.84. The highest BCUT2D eigenvalue weighted by molar-refractivity contribution is 8.18. The van der Waals surface area contributed by atoms with Gasteiger partial charge in [0.05, 0.1) is 31.4 Å². The Morgan fingerprint density at radius 2 is 1.53 bits per heavy atom. The van der Waals surface area contributed by atoms with Gasteiger partial charge in [0.1, 0.15) is 18.1 Å². The average Bonchev–Trinajstić information content (AvgIpc) is 3.20. The van der Waals surface area contributed by atoms with E-state index in [1.54, 1.807) is 67.8 Å². The van der Waals surface area contributed by atoms with E-state index >= 15 is 0 Å². The molecule has 0 atom stereocenters. The number of rotatable bonds is 11. The number of carbonyl (C=O) groups excluding carboxylic acids is 3. The van der Waals surface area contributed by atoms with Gasteiger partial charge in [-0.1, -0.05) is 36.4 Å². The number of amides is 3. The third kappa shape index (κ3) is 6.65. The molecule has 10 heteroatoms. The summed E-state index contributed by atoms with van der Waals surface area (Å²) in [7, 11) is 3.07. The maximum Gasteiger partial charge on any atom is 0.293 e. The lowest BCUT2D eigenvalue weighted by Crippen LogP contribution is -2.32. The van der Waals surface area contributed by atoms with Gasteiger partial charge in [0.2, 0.25) is 0 Å². The number of nitrogens with one attached hydrogen (secondary N) is 1. The second-order valence-electron chi connectivity index (χ2n) is 7.94. The van der Waals surface area contributed by atoms with Crippen molar-refractivity contribution in [1.82, 2.24) is 4.90 Å². The zero-order valence-electron chi connectivity index (χ0n) is 20.8. The molecule has 0 unspecified atom stereocenters. The van der Waals surface area contributed by atoms with Gasteiger partial charge in [-0.2, -0.15) is 0 Å². The highest BCUT2D eigenvalue weighted by Crippen LogP contribution is 2.33. The summed E-state index contributed by atoms with van der Waals surface area (Å²) in [5.41, 5.74) is 1.27. The molecule has 38 heavy (non-hydrogen) atoms. The molecule has 1 saturated heterocycles. The van der Waals surface area contributed by atoms with Crippen molar-refractivity contribution in [3.05, 3.63) is 83.3 Å². The van der Waals surface area contributed by atoms with Crippen LogP contribution in [-0.4, -0.2) is 55.9 Å². The van der Waals surface area contributed by atoms with Crippen LogP contribution in [0.15, 0.2) is 77.7 Å². The van der Waals surface area contributed by atoms with Crippen molar-refractivity contribution in [1.29, 1.82) is 0 Å². The Labute approximate surface area is 224 Å². The van der Waals surface area contributed by atoms with Gasteiger partial charge in [-0.3, -0.25) is 19.3 Å². The summed E-state index contributed by atoms with van der Waals surface area (Å²) in [5.74, 6) is 1.44. The summed E-state index contributed by atoms with van der Waals surface area (Å²) in [5, 5.41) is 2.39. The van der Waals surface area contributed by atoms with Gasteiger partial charge < -0.3 is 24.3 Å². The number of para-hydroxylation sites is 4. The number of anilines is 1. The number of ether oxygens (including phenoxy) is 4. The summed E-state index contributed by atoms with van der Waals surface area (Å²) in [6.07, 6.45) is 1.64. The molecule has 0 bridgehead atoms. The molecule has 1 heterocycles. The molecule has 1 aliphatic heterocycles. The van der Waals surface area contributed by atoms with E-state index in [0.29, 0.717) is 39.2 Å². The molecule has 0 aromatic heterocycles. The minimum absolute atomic E-state index is 0.115. The Hall–Kier alpha value is -4.44. The summed E-state index contributed by atoms with van der Waals surface area (Å²) < 4.78 is 21.7. The van der Waals surface area contributed by atoms with Crippen molar-refractivity contribution in [2.24, 2.45) is 0 Å². The van der Waals surface area contributed by atoms with Crippen LogP contribution >= 0.6 is 11.8 Å². The first kappa shape index (κ1) is 26.6. The number of carbonyl (C=O) groups is 3. The molecule has 1 aliphatic rings. The molecule has 1 fully saturated rings. The Balaban J connectivity index is 1.29. The lowest BCUT2D eigenvalue weighted by molar-refractivity contribution is -0.123. The van der Waals surface area contributed by atoms with Gasteiger partial charge in [0.25, 0.3) is 17.1 Å². The zero-order chi connectivity index (χ0) is 26.9. The van der Waals surface area contributed by atoms with E-state index in [9.17, 15) is 14.4 Å². The smallest absolute Gasteiger partial charge is 0.293 e. The Morgan fingerprint density at radius 1 is 0.868 bits per heavy atom. The van der Waals surface area contributed by atoms with Crippen LogP contribution in [0.1, 0.15) is 5.56 Å². The van der Waals surface area contributed by atoms with Gasteiger partial charge in [-0.25, -0.2) is 0 Å². The van der Waals surface area contributed by atoms with E-state index in [0.717, 1.165) is 16.7 Å². The van der Waals surface area contributed by atoms with Crippen LogP contribution < -0.4 is 24.3 Å². The molecule has 4 rings (SSSR count). The highest BCUT2D eigenvalue weighted by Gasteiger charge is 2.34. The van der Waals surface area contributed by atoms with Crippen LogP contribution in [-0.2, 0) is 9.59 Å². The normalized spacial score (nSPS) is 13.9. The van der Waals surface area contributed by atoms with Crippen LogP contribution in [0.2, 0.25) is 0 Å². The summed E-state index contributed by atoms with van der Waals surface area (Å²) in [4.78, 5) is 38.9. The van der Waals surface area contributed by atoms with Crippen molar-refractivity contribution in [2.75, 3.05) is 39.3 Å². The molecule has 0 radical (unpaired) electrons. The van der Waals surface area contributed by atoms with Gasteiger partial charge in [-0.05, 0) is 59.8 Å². The van der Waals surface area contributed by atoms with E-state index < -0.39 is 0 Å². The van der Waals surface area contributed by atoms with E-state index in [1.807, 2.05) is 18.2 Å². The first-order valence-corrected chi connectivity index (χ1v) is 12.5. The average molecular weight is 535 g/mol. The standard InChI is InChI=1S/C28H26N2O7S/c1-34-22-8-4-3-7-21(22)29-26(31)18-37-20-13-11-19(12-14-20)17-25-27(32)30(28(33)38-25)15-16-36-24-10-6-5-9-23(24)35-2/h3-14,17H,15-16,18H2,1-2H3,(H,29,31)/b25-17-. The van der Waals surface area contributed by atoms with E-state index in [1.165, 1.54) is 7.11 Å². The second-order valence-corrected chi connectivity index (χ2v) is 8.93. The minimum Gasteiger partial charge on any atom is -0.495 e. The number of imide groups is 1. The van der Waals surface area contributed by atoms with Crippen molar-refractivity contribution < 1.29 is 33.3 Å². The molecule has 0 saturated carbocycles. The maximum absolute atomic E-state index is 12.8. The van der Waals surface area contributed by atoms with Crippen molar-refractivity contribution in [2.45, 2.75) is 0 Å². The topological polar surface area (TPSA) is 103 Å². The zero-order valence-corrected chi connectivity index (χ0v) is 21.7. The maximum atomic E-state index is 12.8. The fourth-order valence-corrected chi connectivity index (χ4v) is 4.44. The van der Waals surface area contributed by atoms with E-state index in [4.69, 9.17) is 18.9 Å². The minimum atomic E-state index is -0.378. The fourth-order valence-electron chi connectivity index (χ4n) is 3.57. The number of nitrogens with zero attached hydrogens (tertiary/aromatic N) is 1. The lowest BCUT2D eigenvalue weighted by Gasteiger charge is -2.14. The van der Waals surface area contributed by atoms with Crippen molar-refractivity contribution in [3.63, 3.8) is 0 Å². The van der Waals surface area contributed by atoms with Crippen molar-refractivity contribution in [3.8, 4) is 23.0 Å². The Kier molecular flexibility index (Phi) is 8.89. The van der Waals surface area contributed by atoms with E-state index in [-0.39, 0.29) is 36.8 Å².